The van der Waals surface area contributed by atoms with Crippen molar-refractivity contribution >= 4 is 39.7 Å². The lowest BCUT2D eigenvalue weighted by Crippen LogP contribution is -2.49. The molecule has 1 saturated heterocycles. The van der Waals surface area contributed by atoms with Crippen molar-refractivity contribution in [1.29, 1.82) is 0 Å². The van der Waals surface area contributed by atoms with E-state index in [4.69, 9.17) is 16.7 Å². The number of fused-ring (bicyclic) bond motifs is 3. The Morgan fingerprint density at radius 2 is 1.64 bits per heavy atom. The predicted octanol–water partition coefficient (Wildman–Crippen LogP) is 2.89. The number of aromatic nitrogens is 4. The van der Waals surface area contributed by atoms with Crippen molar-refractivity contribution < 1.29 is 4.79 Å². The van der Waals surface area contributed by atoms with Crippen LogP contribution < -0.4 is 4.90 Å². The zero-order valence-corrected chi connectivity index (χ0v) is 15.8. The molecular weight excluding hydrogens is 376 g/mol. The summed E-state index contributed by atoms with van der Waals surface area (Å²) < 4.78 is 1.71. The number of benzene rings is 2. The second kappa shape index (κ2) is 6.76. The Hall–Kier alpha value is -3.19. The first-order chi connectivity index (χ1) is 13.7. The highest BCUT2D eigenvalue weighted by molar-refractivity contribution is 6.30. The normalized spacial score (nSPS) is 14.8. The lowest BCUT2D eigenvalue weighted by molar-refractivity contribution is 0.0746. The first kappa shape index (κ1) is 16.9. The van der Waals surface area contributed by atoms with Crippen molar-refractivity contribution in [3.63, 3.8) is 0 Å². The van der Waals surface area contributed by atoms with Crippen LogP contribution >= 0.6 is 11.6 Å². The number of anilines is 1. The number of carbonyl (C=O) groups is 1. The highest BCUT2D eigenvalue weighted by Gasteiger charge is 2.24. The molecule has 140 valence electrons. The van der Waals surface area contributed by atoms with Crippen LogP contribution in [-0.2, 0) is 0 Å². The molecular formula is C20H17ClN6O. The van der Waals surface area contributed by atoms with Gasteiger partial charge < -0.3 is 9.80 Å². The molecule has 3 heterocycles. The molecule has 1 aliphatic heterocycles. The number of piperazine rings is 1. The lowest BCUT2D eigenvalue weighted by atomic mass is 10.1. The maximum Gasteiger partial charge on any atom is 0.253 e. The summed E-state index contributed by atoms with van der Waals surface area (Å²) >= 11 is 5.92. The lowest BCUT2D eigenvalue weighted by Gasteiger charge is -2.35. The van der Waals surface area contributed by atoms with Crippen LogP contribution in [0.15, 0.2) is 54.9 Å². The average Bonchev–Trinajstić information content (AvgIpc) is 3.22. The molecule has 1 amide bonds. The Bertz CT molecular complexity index is 1160. The van der Waals surface area contributed by atoms with E-state index in [-0.39, 0.29) is 5.91 Å². The summed E-state index contributed by atoms with van der Waals surface area (Å²) in [4.78, 5) is 16.8. The molecule has 0 N–H and O–H groups in total. The van der Waals surface area contributed by atoms with Gasteiger partial charge in [0, 0.05) is 47.5 Å². The van der Waals surface area contributed by atoms with E-state index in [0.717, 1.165) is 22.2 Å². The summed E-state index contributed by atoms with van der Waals surface area (Å²) in [5, 5.41) is 15.6. The molecule has 1 aliphatic rings. The number of hydrogen-bond acceptors (Lipinski definition) is 5. The minimum absolute atomic E-state index is 0.0309. The van der Waals surface area contributed by atoms with Crippen LogP contribution in [0, 0.1) is 0 Å². The van der Waals surface area contributed by atoms with E-state index in [9.17, 15) is 4.79 Å². The van der Waals surface area contributed by atoms with Gasteiger partial charge in [0.1, 0.15) is 6.33 Å². The van der Waals surface area contributed by atoms with Gasteiger partial charge in [0.05, 0.1) is 0 Å². The van der Waals surface area contributed by atoms with E-state index in [1.165, 1.54) is 0 Å². The van der Waals surface area contributed by atoms with Crippen LogP contribution in [-0.4, -0.2) is 56.8 Å². The number of amides is 1. The molecule has 5 rings (SSSR count). The quantitative estimate of drug-likeness (QED) is 0.524. The van der Waals surface area contributed by atoms with Crippen LogP contribution in [0.1, 0.15) is 10.4 Å². The molecule has 2 aromatic carbocycles. The van der Waals surface area contributed by atoms with E-state index in [1.807, 2.05) is 23.1 Å². The molecule has 4 aromatic rings. The van der Waals surface area contributed by atoms with Gasteiger partial charge in [-0.3, -0.25) is 4.79 Å². The Morgan fingerprint density at radius 1 is 0.929 bits per heavy atom. The summed E-state index contributed by atoms with van der Waals surface area (Å²) in [6.07, 6.45) is 1.62. The molecule has 8 heteroatoms. The van der Waals surface area contributed by atoms with Crippen LogP contribution in [0.25, 0.3) is 16.4 Å². The second-order valence-corrected chi connectivity index (χ2v) is 7.19. The molecule has 0 spiro atoms. The van der Waals surface area contributed by atoms with E-state index >= 15 is 0 Å². The molecule has 0 unspecified atom stereocenters. The van der Waals surface area contributed by atoms with Crippen molar-refractivity contribution in [3.8, 4) is 0 Å². The van der Waals surface area contributed by atoms with Gasteiger partial charge >= 0.3 is 0 Å². The summed E-state index contributed by atoms with van der Waals surface area (Å²) in [5.74, 6) is 0.921. The zero-order chi connectivity index (χ0) is 19.1. The largest absolute Gasteiger partial charge is 0.351 e. The highest BCUT2D eigenvalue weighted by atomic mass is 35.5. The van der Waals surface area contributed by atoms with E-state index in [1.54, 1.807) is 35.1 Å². The number of carbonyl (C=O) groups excluding carboxylic acids is 1. The number of halogens is 1. The van der Waals surface area contributed by atoms with Gasteiger partial charge in [0.25, 0.3) is 5.91 Å². The number of hydrogen-bond donors (Lipinski definition) is 0. The third-order valence-corrected chi connectivity index (χ3v) is 5.35. The maximum atomic E-state index is 12.7. The first-order valence-corrected chi connectivity index (χ1v) is 9.47. The molecule has 2 aromatic heterocycles. The Kier molecular flexibility index (Phi) is 4.09. The molecule has 28 heavy (non-hydrogen) atoms. The van der Waals surface area contributed by atoms with Crippen molar-refractivity contribution in [2.24, 2.45) is 0 Å². The monoisotopic (exact) mass is 392 g/mol. The van der Waals surface area contributed by atoms with E-state index < -0.39 is 0 Å². The zero-order valence-electron chi connectivity index (χ0n) is 15.0. The predicted molar refractivity (Wildman–Crippen MR) is 108 cm³/mol. The van der Waals surface area contributed by atoms with Crippen LogP contribution in [0.3, 0.4) is 0 Å². The Balaban J connectivity index is 1.41. The Morgan fingerprint density at radius 3 is 2.39 bits per heavy atom. The van der Waals surface area contributed by atoms with Gasteiger partial charge in [0.2, 0.25) is 0 Å². The minimum atomic E-state index is 0.0309. The van der Waals surface area contributed by atoms with Crippen LogP contribution in [0.5, 0.6) is 0 Å². The summed E-state index contributed by atoms with van der Waals surface area (Å²) in [6.45, 7) is 2.70. The second-order valence-electron chi connectivity index (χ2n) is 6.75. The van der Waals surface area contributed by atoms with Crippen molar-refractivity contribution in [1.82, 2.24) is 24.7 Å². The van der Waals surface area contributed by atoms with Crippen molar-refractivity contribution in [2.75, 3.05) is 31.1 Å². The van der Waals surface area contributed by atoms with Gasteiger partial charge in [0.15, 0.2) is 11.5 Å². The van der Waals surface area contributed by atoms with Crippen LogP contribution in [0.4, 0.5) is 5.82 Å². The van der Waals surface area contributed by atoms with Gasteiger partial charge in [-0.25, -0.2) is 0 Å². The molecule has 0 atom stereocenters. The Labute approximate surface area is 166 Å². The topological polar surface area (TPSA) is 66.6 Å². The number of rotatable bonds is 2. The maximum absolute atomic E-state index is 12.7. The summed E-state index contributed by atoms with van der Waals surface area (Å²) in [6, 6.07) is 15.1. The molecule has 0 aliphatic carbocycles. The summed E-state index contributed by atoms with van der Waals surface area (Å²) in [7, 11) is 0. The van der Waals surface area contributed by atoms with Gasteiger partial charge in [-0.05, 0) is 24.3 Å². The van der Waals surface area contributed by atoms with Crippen LogP contribution in [0.2, 0.25) is 5.02 Å². The smallest absolute Gasteiger partial charge is 0.253 e. The van der Waals surface area contributed by atoms with Gasteiger partial charge in [-0.1, -0.05) is 35.9 Å². The standard InChI is InChI=1S/C20H17ClN6O/c21-15-7-5-14(6-8-15)20(28)26-11-9-25(10-12-26)19-17-4-2-1-3-16(17)18-23-22-13-27(18)24-19/h1-8,13H,9-12H2. The molecule has 7 nitrogen and oxygen atoms in total. The summed E-state index contributed by atoms with van der Waals surface area (Å²) in [5.41, 5.74) is 1.41. The molecule has 0 radical (unpaired) electrons. The minimum Gasteiger partial charge on any atom is -0.351 e. The van der Waals surface area contributed by atoms with E-state index in [2.05, 4.69) is 21.2 Å². The number of nitrogens with zero attached hydrogens (tertiary/aromatic N) is 6. The molecule has 0 saturated carbocycles. The first-order valence-electron chi connectivity index (χ1n) is 9.09. The van der Waals surface area contributed by atoms with E-state index in [0.29, 0.717) is 36.8 Å². The molecule has 0 bridgehead atoms. The van der Waals surface area contributed by atoms with Gasteiger partial charge in [-0.2, -0.15) is 4.52 Å². The fourth-order valence-electron chi connectivity index (χ4n) is 3.64. The van der Waals surface area contributed by atoms with Crippen molar-refractivity contribution in [2.45, 2.75) is 0 Å². The fraction of sp³-hybridized carbons (Fsp3) is 0.200. The van der Waals surface area contributed by atoms with Gasteiger partial charge in [-0.15, -0.1) is 15.3 Å². The third-order valence-electron chi connectivity index (χ3n) is 5.10. The average molecular weight is 393 g/mol. The third kappa shape index (κ3) is 2.84. The SMILES string of the molecule is O=C(c1ccc(Cl)cc1)N1CCN(c2nn3cnnc3c3ccccc23)CC1. The van der Waals surface area contributed by atoms with Crippen molar-refractivity contribution in [3.05, 3.63) is 65.4 Å². The molecule has 1 fully saturated rings. The fourth-order valence-corrected chi connectivity index (χ4v) is 3.77. The highest BCUT2D eigenvalue weighted by Crippen LogP contribution is 2.27.